The van der Waals surface area contributed by atoms with Crippen molar-refractivity contribution in [3.05, 3.63) is 69.7 Å². The monoisotopic (exact) mass is 426 g/mol. The number of nitrogens with one attached hydrogen (secondary N) is 1. The van der Waals surface area contributed by atoms with E-state index in [9.17, 15) is 4.79 Å². The van der Waals surface area contributed by atoms with Gasteiger partial charge in [-0.05, 0) is 30.7 Å². The van der Waals surface area contributed by atoms with Gasteiger partial charge in [-0.1, -0.05) is 40.2 Å². The van der Waals surface area contributed by atoms with Gasteiger partial charge in [0.1, 0.15) is 5.58 Å². The lowest BCUT2D eigenvalue weighted by Crippen LogP contribution is -2.13. The highest BCUT2D eigenvalue weighted by Gasteiger charge is 2.13. The summed E-state index contributed by atoms with van der Waals surface area (Å²) in [6.07, 6.45) is 1.90. The lowest BCUT2D eigenvalue weighted by atomic mass is 10.1. The maximum absolute atomic E-state index is 12.4. The third kappa shape index (κ3) is 3.57. The van der Waals surface area contributed by atoms with E-state index < -0.39 is 0 Å². The van der Waals surface area contributed by atoms with Gasteiger partial charge in [0, 0.05) is 26.4 Å². The van der Waals surface area contributed by atoms with Gasteiger partial charge in [0.2, 0.25) is 5.91 Å². The van der Waals surface area contributed by atoms with Crippen molar-refractivity contribution in [1.82, 2.24) is 4.98 Å². The van der Waals surface area contributed by atoms with Gasteiger partial charge in [0.05, 0.1) is 18.4 Å². The summed E-state index contributed by atoms with van der Waals surface area (Å²) in [6, 6.07) is 13.9. The van der Waals surface area contributed by atoms with Crippen molar-refractivity contribution >= 4 is 49.3 Å². The molecule has 2 heterocycles. The third-order valence-electron chi connectivity index (χ3n) is 4.05. The molecule has 1 amide bonds. The third-order valence-corrected chi connectivity index (χ3v) is 5.34. The van der Waals surface area contributed by atoms with Crippen molar-refractivity contribution in [2.24, 2.45) is 0 Å². The highest BCUT2D eigenvalue weighted by Crippen LogP contribution is 2.27. The highest BCUT2D eigenvalue weighted by atomic mass is 79.9. The van der Waals surface area contributed by atoms with Gasteiger partial charge in [-0.25, -0.2) is 4.98 Å². The second kappa shape index (κ2) is 7.05. The SMILES string of the molecule is Cc1ccc2c(CC(=O)Nc3nc(-c4ccc(Br)cc4)cs3)coc2c1. The van der Waals surface area contributed by atoms with Crippen LogP contribution in [-0.2, 0) is 11.2 Å². The molecule has 0 radical (unpaired) electrons. The van der Waals surface area contributed by atoms with Crippen molar-refractivity contribution in [3.8, 4) is 11.3 Å². The summed E-state index contributed by atoms with van der Waals surface area (Å²) in [6.45, 7) is 2.01. The number of furan rings is 1. The number of carbonyl (C=O) groups excluding carboxylic acids is 1. The minimum Gasteiger partial charge on any atom is -0.464 e. The Balaban J connectivity index is 1.47. The van der Waals surface area contributed by atoms with E-state index in [0.29, 0.717) is 5.13 Å². The first-order chi connectivity index (χ1) is 12.6. The molecular weight excluding hydrogens is 412 g/mol. The zero-order valence-electron chi connectivity index (χ0n) is 14.0. The molecule has 4 nitrogen and oxygen atoms in total. The molecule has 0 saturated heterocycles. The molecule has 0 fully saturated rings. The number of carbonyl (C=O) groups is 1. The van der Waals surface area contributed by atoms with E-state index in [1.54, 1.807) is 6.26 Å². The maximum Gasteiger partial charge on any atom is 0.230 e. The van der Waals surface area contributed by atoms with Crippen molar-refractivity contribution in [2.45, 2.75) is 13.3 Å². The zero-order valence-corrected chi connectivity index (χ0v) is 16.4. The molecule has 0 aliphatic carbocycles. The number of fused-ring (bicyclic) bond motifs is 1. The number of benzene rings is 2. The van der Waals surface area contributed by atoms with Crippen LogP contribution >= 0.6 is 27.3 Å². The van der Waals surface area contributed by atoms with E-state index in [2.05, 4.69) is 26.2 Å². The Kier molecular flexibility index (Phi) is 4.61. The van der Waals surface area contributed by atoms with Gasteiger partial charge >= 0.3 is 0 Å². The number of hydrogen-bond donors (Lipinski definition) is 1. The predicted octanol–water partition coefficient (Wildman–Crippen LogP) is 5.81. The molecule has 4 rings (SSSR count). The standard InChI is InChI=1S/C20H15BrN2O2S/c1-12-2-7-16-14(10-25-18(16)8-12)9-19(24)23-20-22-17(11-26-20)13-3-5-15(21)6-4-13/h2-8,10-11H,9H2,1H3,(H,22,23,24). The highest BCUT2D eigenvalue weighted by molar-refractivity contribution is 9.10. The van der Waals surface area contributed by atoms with E-state index in [1.807, 2.05) is 54.8 Å². The minimum absolute atomic E-state index is 0.106. The fourth-order valence-corrected chi connectivity index (χ4v) is 3.75. The first-order valence-corrected chi connectivity index (χ1v) is 9.74. The molecule has 2 aromatic heterocycles. The Morgan fingerprint density at radius 2 is 2.04 bits per heavy atom. The van der Waals surface area contributed by atoms with Gasteiger partial charge in [-0.2, -0.15) is 0 Å². The summed E-state index contributed by atoms with van der Waals surface area (Å²) in [5.74, 6) is -0.106. The number of anilines is 1. The van der Waals surface area contributed by atoms with Crippen LogP contribution in [0.1, 0.15) is 11.1 Å². The Hall–Kier alpha value is -2.44. The Labute approximate surface area is 163 Å². The lowest BCUT2D eigenvalue weighted by molar-refractivity contribution is -0.115. The van der Waals surface area contributed by atoms with Gasteiger partial charge in [0.25, 0.3) is 0 Å². The van der Waals surface area contributed by atoms with Crippen LogP contribution in [0.3, 0.4) is 0 Å². The number of amides is 1. The molecule has 0 unspecified atom stereocenters. The quantitative estimate of drug-likeness (QED) is 0.447. The van der Waals surface area contributed by atoms with Crippen LogP contribution in [0.2, 0.25) is 0 Å². The minimum atomic E-state index is -0.106. The summed E-state index contributed by atoms with van der Waals surface area (Å²) in [7, 11) is 0. The molecule has 0 atom stereocenters. The number of rotatable bonds is 4. The number of aromatic nitrogens is 1. The maximum atomic E-state index is 12.4. The van der Waals surface area contributed by atoms with Crippen molar-refractivity contribution in [3.63, 3.8) is 0 Å². The summed E-state index contributed by atoms with van der Waals surface area (Å²) in [4.78, 5) is 16.9. The van der Waals surface area contributed by atoms with Crippen LogP contribution in [-0.4, -0.2) is 10.9 Å². The summed E-state index contributed by atoms with van der Waals surface area (Å²) in [5, 5.41) is 6.38. The Morgan fingerprint density at radius 3 is 2.85 bits per heavy atom. The lowest BCUT2D eigenvalue weighted by Gasteiger charge is -2.01. The molecule has 130 valence electrons. The van der Waals surface area contributed by atoms with E-state index in [-0.39, 0.29) is 12.3 Å². The number of aryl methyl sites for hydroxylation is 1. The van der Waals surface area contributed by atoms with E-state index in [4.69, 9.17) is 4.42 Å². The smallest absolute Gasteiger partial charge is 0.230 e. The Morgan fingerprint density at radius 1 is 1.23 bits per heavy atom. The second-order valence-electron chi connectivity index (χ2n) is 6.03. The van der Waals surface area contributed by atoms with Crippen LogP contribution < -0.4 is 5.32 Å². The van der Waals surface area contributed by atoms with Gasteiger partial charge in [0.15, 0.2) is 5.13 Å². The van der Waals surface area contributed by atoms with Crippen molar-refractivity contribution in [1.29, 1.82) is 0 Å². The van der Waals surface area contributed by atoms with Crippen LogP contribution in [0.25, 0.3) is 22.2 Å². The molecule has 1 N–H and O–H groups in total. The topological polar surface area (TPSA) is 55.1 Å². The van der Waals surface area contributed by atoms with Crippen LogP contribution in [0, 0.1) is 6.92 Å². The average Bonchev–Trinajstić information content (AvgIpc) is 3.23. The molecule has 0 spiro atoms. The van der Waals surface area contributed by atoms with E-state index in [0.717, 1.165) is 37.8 Å². The number of hydrogen-bond acceptors (Lipinski definition) is 4. The first-order valence-electron chi connectivity index (χ1n) is 8.06. The molecule has 6 heteroatoms. The van der Waals surface area contributed by atoms with Crippen LogP contribution in [0.5, 0.6) is 0 Å². The van der Waals surface area contributed by atoms with Gasteiger partial charge < -0.3 is 9.73 Å². The van der Waals surface area contributed by atoms with Crippen LogP contribution in [0.4, 0.5) is 5.13 Å². The second-order valence-corrected chi connectivity index (χ2v) is 7.80. The summed E-state index contributed by atoms with van der Waals surface area (Å²) < 4.78 is 6.58. The van der Waals surface area contributed by atoms with E-state index in [1.165, 1.54) is 11.3 Å². The normalized spacial score (nSPS) is 11.0. The van der Waals surface area contributed by atoms with Crippen molar-refractivity contribution in [2.75, 3.05) is 5.32 Å². The van der Waals surface area contributed by atoms with Gasteiger partial charge in [-0.3, -0.25) is 4.79 Å². The molecule has 4 aromatic rings. The summed E-state index contributed by atoms with van der Waals surface area (Å²) in [5.41, 5.74) is 4.68. The fraction of sp³-hybridized carbons (Fsp3) is 0.100. The number of nitrogens with zero attached hydrogens (tertiary/aromatic N) is 1. The molecule has 0 saturated carbocycles. The molecular formula is C20H15BrN2O2S. The first kappa shape index (κ1) is 17.0. The van der Waals surface area contributed by atoms with Crippen LogP contribution in [0.15, 0.2) is 63.0 Å². The number of thiazole rings is 1. The summed E-state index contributed by atoms with van der Waals surface area (Å²) >= 11 is 4.84. The fourth-order valence-electron chi connectivity index (χ4n) is 2.75. The molecule has 0 bridgehead atoms. The molecule has 0 aliphatic heterocycles. The average molecular weight is 427 g/mol. The number of halogens is 1. The van der Waals surface area contributed by atoms with Crippen molar-refractivity contribution < 1.29 is 9.21 Å². The largest absolute Gasteiger partial charge is 0.464 e. The molecule has 2 aromatic carbocycles. The van der Waals surface area contributed by atoms with E-state index >= 15 is 0 Å². The van der Waals surface area contributed by atoms with Gasteiger partial charge in [-0.15, -0.1) is 11.3 Å². The zero-order chi connectivity index (χ0) is 18.1. The molecule has 26 heavy (non-hydrogen) atoms. The predicted molar refractivity (Wildman–Crippen MR) is 109 cm³/mol. The Bertz CT molecular complexity index is 1080. The molecule has 0 aliphatic rings.